The van der Waals surface area contributed by atoms with Crippen molar-refractivity contribution in [1.82, 2.24) is 0 Å². The summed E-state index contributed by atoms with van der Waals surface area (Å²) in [4.78, 5) is 0. The number of furan rings is 1. The van der Waals surface area contributed by atoms with Crippen LogP contribution in [-0.2, 0) is 11.2 Å². The lowest BCUT2D eigenvalue weighted by atomic mass is 9.86. The third kappa shape index (κ3) is 2.16. The largest absolute Gasteiger partial charge is 0.472 e. The van der Waals surface area contributed by atoms with E-state index < -0.39 is 5.60 Å². The van der Waals surface area contributed by atoms with Gasteiger partial charge in [-0.1, -0.05) is 0 Å². The smallest absolute Gasteiger partial charge is 0.0935 e. The minimum absolute atomic E-state index is 0.153. The second kappa shape index (κ2) is 3.75. The molecule has 78 valence electrons. The normalized spacial score (nSPS) is 33.1. The molecule has 1 aliphatic heterocycles. The number of rotatable bonds is 2. The maximum absolute atomic E-state index is 10.3. The second-order valence-corrected chi connectivity index (χ2v) is 4.17. The summed E-state index contributed by atoms with van der Waals surface area (Å²) >= 11 is 0. The highest BCUT2D eigenvalue weighted by Gasteiger charge is 2.33. The van der Waals surface area contributed by atoms with Gasteiger partial charge in [-0.2, -0.15) is 0 Å². The third-order valence-corrected chi connectivity index (χ3v) is 2.75. The van der Waals surface area contributed by atoms with E-state index in [1.54, 1.807) is 12.5 Å². The van der Waals surface area contributed by atoms with Gasteiger partial charge in [-0.15, -0.1) is 0 Å². The molecule has 1 N–H and O–H groups in total. The fourth-order valence-corrected chi connectivity index (χ4v) is 2.08. The van der Waals surface area contributed by atoms with E-state index in [1.165, 1.54) is 0 Å². The third-order valence-electron chi connectivity index (χ3n) is 2.75. The van der Waals surface area contributed by atoms with E-state index in [-0.39, 0.29) is 6.10 Å². The summed E-state index contributed by atoms with van der Waals surface area (Å²) in [5, 5.41) is 10.3. The van der Waals surface area contributed by atoms with Crippen LogP contribution in [0, 0.1) is 0 Å². The lowest BCUT2D eigenvalue weighted by Gasteiger charge is -2.35. The zero-order valence-corrected chi connectivity index (χ0v) is 8.40. The lowest BCUT2D eigenvalue weighted by Crippen LogP contribution is -2.41. The van der Waals surface area contributed by atoms with Crippen LogP contribution in [0.2, 0.25) is 0 Å². The Balaban J connectivity index is 2.01. The Morgan fingerprint density at radius 2 is 2.50 bits per heavy atom. The Morgan fingerprint density at radius 1 is 1.64 bits per heavy atom. The molecule has 1 saturated heterocycles. The van der Waals surface area contributed by atoms with E-state index in [4.69, 9.17) is 9.15 Å². The van der Waals surface area contributed by atoms with Crippen LogP contribution in [-0.4, -0.2) is 23.4 Å². The zero-order chi connectivity index (χ0) is 10.0. The van der Waals surface area contributed by atoms with Gasteiger partial charge in [-0.3, -0.25) is 0 Å². The predicted molar refractivity (Wildman–Crippen MR) is 52.0 cm³/mol. The Kier molecular flexibility index (Phi) is 2.61. The fraction of sp³-hybridized carbons (Fsp3) is 0.636. The molecule has 0 spiro atoms. The van der Waals surface area contributed by atoms with Crippen LogP contribution in [0.4, 0.5) is 0 Å². The average molecular weight is 196 g/mol. The lowest BCUT2D eigenvalue weighted by molar-refractivity contribution is -0.0961. The highest BCUT2D eigenvalue weighted by molar-refractivity contribution is 5.10. The molecule has 3 heteroatoms. The van der Waals surface area contributed by atoms with Crippen LogP contribution in [0.5, 0.6) is 0 Å². The Bertz CT molecular complexity index is 281. The first kappa shape index (κ1) is 9.74. The molecular weight excluding hydrogens is 180 g/mol. The zero-order valence-electron chi connectivity index (χ0n) is 8.40. The van der Waals surface area contributed by atoms with Crippen molar-refractivity contribution in [3.63, 3.8) is 0 Å². The highest BCUT2D eigenvalue weighted by atomic mass is 16.5. The van der Waals surface area contributed by atoms with Crippen molar-refractivity contribution < 1.29 is 14.3 Å². The van der Waals surface area contributed by atoms with E-state index in [0.29, 0.717) is 25.9 Å². The first-order chi connectivity index (χ1) is 6.68. The summed E-state index contributed by atoms with van der Waals surface area (Å²) in [6.45, 7) is 2.65. The first-order valence-electron chi connectivity index (χ1n) is 5.03. The molecule has 1 fully saturated rings. The maximum atomic E-state index is 10.3. The number of ether oxygens (including phenoxy) is 1. The molecule has 0 bridgehead atoms. The summed E-state index contributed by atoms with van der Waals surface area (Å²) in [7, 11) is 0. The molecule has 1 aliphatic rings. The maximum Gasteiger partial charge on any atom is 0.0935 e. The van der Waals surface area contributed by atoms with Gasteiger partial charge in [0, 0.05) is 19.4 Å². The van der Waals surface area contributed by atoms with E-state index in [2.05, 4.69) is 0 Å². The minimum Gasteiger partial charge on any atom is -0.472 e. The second-order valence-electron chi connectivity index (χ2n) is 4.17. The Hall–Kier alpha value is -0.800. The van der Waals surface area contributed by atoms with Gasteiger partial charge in [0.05, 0.1) is 24.2 Å². The Labute approximate surface area is 83.7 Å². The van der Waals surface area contributed by atoms with Gasteiger partial charge >= 0.3 is 0 Å². The van der Waals surface area contributed by atoms with E-state index >= 15 is 0 Å². The Morgan fingerprint density at radius 3 is 3.14 bits per heavy atom. The molecular formula is C11H16O3. The van der Waals surface area contributed by atoms with Crippen molar-refractivity contribution >= 4 is 0 Å². The van der Waals surface area contributed by atoms with Crippen LogP contribution in [0.15, 0.2) is 23.0 Å². The van der Waals surface area contributed by atoms with Gasteiger partial charge < -0.3 is 14.3 Å². The molecule has 0 amide bonds. The summed E-state index contributed by atoms with van der Waals surface area (Å²) < 4.78 is 10.4. The van der Waals surface area contributed by atoms with Crippen LogP contribution in [0.1, 0.15) is 25.3 Å². The average Bonchev–Trinajstić information content (AvgIpc) is 2.55. The molecule has 3 nitrogen and oxygen atoms in total. The van der Waals surface area contributed by atoms with Crippen LogP contribution < -0.4 is 0 Å². The first-order valence-corrected chi connectivity index (χ1v) is 5.03. The molecule has 14 heavy (non-hydrogen) atoms. The summed E-state index contributed by atoms with van der Waals surface area (Å²) in [5.74, 6) is 0. The van der Waals surface area contributed by atoms with E-state index in [1.807, 2.05) is 13.0 Å². The molecule has 0 radical (unpaired) electrons. The minimum atomic E-state index is -0.610. The number of aliphatic hydroxyl groups is 1. The summed E-state index contributed by atoms with van der Waals surface area (Å²) in [6, 6.07) is 1.90. The number of hydrogen-bond acceptors (Lipinski definition) is 3. The highest BCUT2D eigenvalue weighted by Crippen LogP contribution is 2.28. The van der Waals surface area contributed by atoms with Crippen molar-refractivity contribution in [2.75, 3.05) is 6.61 Å². The van der Waals surface area contributed by atoms with Gasteiger partial charge in [0.15, 0.2) is 0 Å². The van der Waals surface area contributed by atoms with Crippen molar-refractivity contribution in [2.24, 2.45) is 0 Å². The SMILES string of the molecule is CC1CC(O)(Cc2ccoc2)CCO1. The molecule has 1 aromatic rings. The van der Waals surface area contributed by atoms with Crippen LogP contribution in [0.3, 0.4) is 0 Å². The molecule has 0 aromatic carbocycles. The molecule has 2 rings (SSSR count). The van der Waals surface area contributed by atoms with E-state index in [9.17, 15) is 5.11 Å². The molecule has 2 unspecified atom stereocenters. The standard InChI is InChI=1S/C11H16O3/c1-9-6-11(12,3-5-14-9)7-10-2-4-13-8-10/h2,4,8-9,12H,3,5-7H2,1H3. The van der Waals surface area contributed by atoms with Crippen molar-refractivity contribution in [2.45, 2.75) is 37.9 Å². The van der Waals surface area contributed by atoms with Gasteiger partial charge in [0.1, 0.15) is 0 Å². The molecule has 0 saturated carbocycles. The molecule has 1 aromatic heterocycles. The molecule has 2 atom stereocenters. The number of hydrogen-bond donors (Lipinski definition) is 1. The van der Waals surface area contributed by atoms with Gasteiger partial charge in [0.2, 0.25) is 0 Å². The van der Waals surface area contributed by atoms with Crippen molar-refractivity contribution in [3.05, 3.63) is 24.2 Å². The topological polar surface area (TPSA) is 42.6 Å². The van der Waals surface area contributed by atoms with Crippen LogP contribution in [0.25, 0.3) is 0 Å². The summed E-state index contributed by atoms with van der Waals surface area (Å²) in [6.07, 6.45) is 5.57. The van der Waals surface area contributed by atoms with Gasteiger partial charge in [0.25, 0.3) is 0 Å². The van der Waals surface area contributed by atoms with E-state index in [0.717, 1.165) is 5.56 Å². The van der Waals surface area contributed by atoms with Crippen LogP contribution >= 0.6 is 0 Å². The predicted octanol–water partition coefficient (Wildman–Crippen LogP) is 1.75. The summed E-state index contributed by atoms with van der Waals surface area (Å²) in [5.41, 5.74) is 0.447. The fourth-order valence-electron chi connectivity index (χ4n) is 2.08. The van der Waals surface area contributed by atoms with Crippen molar-refractivity contribution in [3.8, 4) is 0 Å². The van der Waals surface area contributed by atoms with Crippen molar-refractivity contribution in [1.29, 1.82) is 0 Å². The quantitative estimate of drug-likeness (QED) is 0.783. The van der Waals surface area contributed by atoms with Gasteiger partial charge in [-0.05, 0) is 25.0 Å². The molecule has 0 aliphatic carbocycles. The molecule has 2 heterocycles. The monoisotopic (exact) mass is 196 g/mol. The van der Waals surface area contributed by atoms with Gasteiger partial charge in [-0.25, -0.2) is 0 Å².